The summed E-state index contributed by atoms with van der Waals surface area (Å²) in [6.07, 6.45) is 7.94. The Morgan fingerprint density at radius 3 is 2.04 bits per heavy atom. The first-order valence-corrected chi connectivity index (χ1v) is 15.7. The summed E-state index contributed by atoms with van der Waals surface area (Å²) in [4.78, 5) is 49.4. The van der Waals surface area contributed by atoms with Crippen LogP contribution in [0.25, 0.3) is 0 Å². The van der Waals surface area contributed by atoms with Crippen molar-refractivity contribution in [3.05, 3.63) is 120 Å². The van der Waals surface area contributed by atoms with Crippen molar-refractivity contribution >= 4 is 40.7 Å². The molecule has 0 aromatic heterocycles. The molecule has 4 heterocycles. The Balaban J connectivity index is 1.41. The van der Waals surface area contributed by atoms with Crippen LogP contribution < -0.4 is 9.80 Å². The minimum atomic E-state index is -1.46. The van der Waals surface area contributed by atoms with E-state index in [1.54, 1.807) is 34.1 Å². The van der Waals surface area contributed by atoms with E-state index in [1.807, 2.05) is 91.9 Å². The van der Waals surface area contributed by atoms with Gasteiger partial charge < -0.3 is 24.5 Å². The minimum Gasteiger partial charge on any atom is -0.394 e. The molecule has 2 saturated heterocycles. The molecule has 0 radical (unpaired) electrons. The topological polar surface area (TPSA) is 90.4 Å². The van der Waals surface area contributed by atoms with Crippen molar-refractivity contribution in [3.63, 3.8) is 0 Å². The highest BCUT2D eigenvalue weighted by atomic mass is 35.5. The van der Waals surface area contributed by atoms with Crippen molar-refractivity contribution in [2.45, 2.75) is 36.6 Å². The van der Waals surface area contributed by atoms with Crippen LogP contribution in [0.5, 0.6) is 0 Å². The molecule has 1 N–H and O–H groups in total. The van der Waals surface area contributed by atoms with Gasteiger partial charge in [0.2, 0.25) is 11.8 Å². The summed E-state index contributed by atoms with van der Waals surface area (Å²) in [7, 11) is 0. The highest BCUT2D eigenvalue weighted by Crippen LogP contribution is 2.60. The summed E-state index contributed by atoms with van der Waals surface area (Å²) in [6, 6.07) is 23.5. The van der Waals surface area contributed by atoms with Crippen LogP contribution in [0.3, 0.4) is 0 Å². The van der Waals surface area contributed by atoms with E-state index in [0.717, 1.165) is 5.69 Å². The van der Waals surface area contributed by atoms with Crippen molar-refractivity contribution in [2.75, 3.05) is 29.5 Å². The number of halogens is 1. The Morgan fingerprint density at radius 2 is 1.40 bits per heavy atom. The maximum atomic E-state index is 15.0. The van der Waals surface area contributed by atoms with Gasteiger partial charge in [-0.15, -0.1) is 0 Å². The smallest absolute Gasteiger partial charge is 0.253 e. The second-order valence-corrected chi connectivity index (χ2v) is 12.4. The first-order chi connectivity index (χ1) is 21.8. The molecule has 3 amide bonds. The van der Waals surface area contributed by atoms with E-state index in [-0.39, 0.29) is 18.4 Å². The van der Waals surface area contributed by atoms with E-state index in [9.17, 15) is 19.5 Å². The van der Waals surface area contributed by atoms with Gasteiger partial charge in [-0.2, -0.15) is 0 Å². The Kier molecular flexibility index (Phi) is 7.39. The molecule has 4 aliphatic rings. The predicted octanol–water partition coefficient (Wildman–Crippen LogP) is 4.94. The number of carbonyl (C=O) groups excluding carboxylic acids is 3. The molecule has 1 spiro atoms. The third kappa shape index (κ3) is 4.46. The number of rotatable bonds is 6. The molecule has 6 atom stereocenters. The molecule has 8 nitrogen and oxygen atoms in total. The normalized spacial score (nSPS) is 29.7. The molecule has 9 heteroatoms. The van der Waals surface area contributed by atoms with E-state index >= 15 is 0 Å². The van der Waals surface area contributed by atoms with Crippen molar-refractivity contribution in [3.8, 4) is 0 Å². The molecule has 3 aromatic carbocycles. The predicted molar refractivity (Wildman–Crippen MR) is 172 cm³/mol. The van der Waals surface area contributed by atoms with E-state index in [1.165, 1.54) is 4.90 Å². The van der Waals surface area contributed by atoms with Crippen molar-refractivity contribution < 1.29 is 24.2 Å². The van der Waals surface area contributed by atoms with Gasteiger partial charge in [0.05, 0.1) is 30.1 Å². The molecular formula is C36H34ClN3O5. The van der Waals surface area contributed by atoms with Crippen LogP contribution in [-0.2, 0) is 19.1 Å². The number of anilines is 2. The fourth-order valence-corrected chi connectivity index (χ4v) is 7.88. The van der Waals surface area contributed by atoms with E-state index in [4.69, 9.17) is 16.3 Å². The molecule has 7 rings (SSSR count). The zero-order valence-corrected chi connectivity index (χ0v) is 25.6. The summed E-state index contributed by atoms with van der Waals surface area (Å²) in [6.45, 7) is 2.09. The lowest BCUT2D eigenvalue weighted by Crippen LogP contribution is -2.57. The number of hydrogen-bond acceptors (Lipinski definition) is 5. The standard InChI is InChI=1S/C36H34ClN3O5/c1-2-35-19-9-21-38(26-13-7-4-8-14-26)32(42)29(35)30-33(43)40(28(23-41)24-11-5-3-6-12-24)31-34(44)39(22-10-20-36(30,31)45-35)27-17-15-25(37)16-18-27/h3-20,28-31,41H,2,21-23H2,1H3/t28-,29+,30+,31?,35-,36+/m1/s1. The van der Waals surface area contributed by atoms with Gasteiger partial charge in [-0.05, 0) is 48.4 Å². The lowest BCUT2D eigenvalue weighted by molar-refractivity contribution is -0.149. The molecule has 45 heavy (non-hydrogen) atoms. The molecule has 0 bridgehead atoms. The van der Waals surface area contributed by atoms with Gasteiger partial charge in [-0.1, -0.05) is 91.4 Å². The van der Waals surface area contributed by atoms with Crippen LogP contribution >= 0.6 is 11.6 Å². The average Bonchev–Trinajstić information content (AvgIpc) is 3.35. The van der Waals surface area contributed by atoms with Gasteiger partial charge in [0, 0.05) is 29.5 Å². The van der Waals surface area contributed by atoms with Gasteiger partial charge in [0.25, 0.3) is 5.91 Å². The van der Waals surface area contributed by atoms with Crippen LogP contribution in [0.4, 0.5) is 11.4 Å². The zero-order valence-electron chi connectivity index (χ0n) is 24.8. The first kappa shape index (κ1) is 29.5. The highest BCUT2D eigenvalue weighted by Gasteiger charge is 2.76. The second-order valence-electron chi connectivity index (χ2n) is 12.0. The number of hydrogen-bond donors (Lipinski definition) is 1. The van der Waals surface area contributed by atoms with Crippen LogP contribution in [0.15, 0.2) is 109 Å². The third-order valence-electron chi connectivity index (χ3n) is 9.78. The molecule has 0 aliphatic carbocycles. The quantitative estimate of drug-likeness (QED) is 0.393. The van der Waals surface area contributed by atoms with E-state index < -0.39 is 47.6 Å². The first-order valence-electron chi connectivity index (χ1n) is 15.3. The maximum absolute atomic E-state index is 15.0. The highest BCUT2D eigenvalue weighted by molar-refractivity contribution is 6.30. The lowest BCUT2D eigenvalue weighted by atomic mass is 9.73. The summed E-state index contributed by atoms with van der Waals surface area (Å²) in [5.41, 5.74) is -0.559. The second kappa shape index (κ2) is 11.3. The van der Waals surface area contributed by atoms with E-state index in [0.29, 0.717) is 29.2 Å². The molecule has 230 valence electrons. The summed E-state index contributed by atoms with van der Waals surface area (Å²) in [5, 5.41) is 11.4. The number of aliphatic hydroxyl groups is 1. The van der Waals surface area contributed by atoms with Gasteiger partial charge in [0.15, 0.2) is 0 Å². The van der Waals surface area contributed by atoms with Crippen molar-refractivity contribution in [1.82, 2.24) is 4.90 Å². The van der Waals surface area contributed by atoms with Gasteiger partial charge in [0.1, 0.15) is 11.6 Å². The monoisotopic (exact) mass is 623 g/mol. The summed E-state index contributed by atoms with van der Waals surface area (Å²) >= 11 is 6.17. The molecule has 3 aromatic rings. The Morgan fingerprint density at radius 1 is 0.800 bits per heavy atom. The Bertz CT molecular complexity index is 1680. The van der Waals surface area contributed by atoms with Gasteiger partial charge in [-0.3, -0.25) is 14.4 Å². The number of benzene rings is 3. The van der Waals surface area contributed by atoms with Crippen molar-refractivity contribution in [1.29, 1.82) is 0 Å². The Labute approximate surface area is 267 Å². The number of nitrogens with zero attached hydrogens (tertiary/aromatic N) is 3. The zero-order chi connectivity index (χ0) is 31.3. The number of ether oxygens (including phenoxy) is 1. The van der Waals surface area contributed by atoms with Crippen LogP contribution in [0, 0.1) is 11.8 Å². The Hall–Kier alpha value is -4.24. The third-order valence-corrected chi connectivity index (χ3v) is 10.0. The summed E-state index contributed by atoms with van der Waals surface area (Å²) in [5.74, 6) is -2.89. The average molecular weight is 624 g/mol. The molecule has 2 fully saturated rings. The maximum Gasteiger partial charge on any atom is 0.253 e. The van der Waals surface area contributed by atoms with E-state index in [2.05, 4.69) is 0 Å². The number of carbonyl (C=O) groups is 3. The van der Waals surface area contributed by atoms with Gasteiger partial charge in [-0.25, -0.2) is 0 Å². The van der Waals surface area contributed by atoms with Crippen molar-refractivity contribution in [2.24, 2.45) is 11.8 Å². The fourth-order valence-electron chi connectivity index (χ4n) is 7.76. The molecular weight excluding hydrogens is 590 g/mol. The minimum absolute atomic E-state index is 0.232. The number of para-hydroxylation sites is 1. The van der Waals surface area contributed by atoms with Crippen LogP contribution in [0.1, 0.15) is 24.9 Å². The number of aliphatic hydroxyl groups excluding tert-OH is 1. The van der Waals surface area contributed by atoms with Crippen LogP contribution in [0.2, 0.25) is 5.02 Å². The number of likely N-dealkylation sites (tertiary alicyclic amines) is 1. The largest absolute Gasteiger partial charge is 0.394 e. The molecule has 4 aliphatic heterocycles. The number of amides is 3. The van der Waals surface area contributed by atoms with Crippen LogP contribution in [-0.4, -0.2) is 64.7 Å². The summed E-state index contributed by atoms with van der Waals surface area (Å²) < 4.78 is 7.10. The fraction of sp³-hybridized carbons (Fsp3) is 0.306. The van der Waals surface area contributed by atoms with Gasteiger partial charge >= 0.3 is 0 Å². The lowest BCUT2D eigenvalue weighted by Gasteiger charge is -2.41. The molecule has 1 unspecified atom stereocenters. The number of fused-ring (bicyclic) bond motifs is 2. The SMILES string of the molecule is CC[C@@]12C=CCN(c3ccccc3)C(=O)[C@@H]1[C@H]1C(=O)N([C@H](CO)c3ccccc3)C3C(=O)N(c4ccc(Cl)cc4)CC=C[C@@]31O2. The molecule has 0 saturated carbocycles.